The SMILES string of the molecule is Cc1cnc(N[C@H]2CCCCC/C=C\[C@H]3C[C@@]3(C(=O)NS(=O)(=O)C3CC3)NC(=O)[C@@H]3C[C@@H](OC(=O)N4Cc5cccc(F)c5C4)CN3C2=O)s1. The van der Waals surface area contributed by atoms with Gasteiger partial charge >= 0.3 is 6.09 Å². The number of aryl methyl sites for hydroxylation is 1. The standard InChI is InChI=1S/C34H41FN6O7S2/c1-20-16-36-32(49-20)37-27-11-6-4-2-3-5-9-22-15-34(22,31(44)39-50(46,47)24-12-13-24)38-29(42)28-14-23(18-41(28)30(27)43)48-33(45)40-17-21-8-7-10-26(35)25(21)19-40/h5,7-10,16,22-24,27-28H,2-4,6,11-15,17-19H2,1H3,(H,36,37)(H,38,42)(H,39,44)/b9-5-/t22-,23+,27-,28-,34+/m0/s1. The molecule has 1 saturated heterocycles. The molecule has 0 spiro atoms. The monoisotopic (exact) mass is 728 g/mol. The number of amides is 4. The zero-order valence-electron chi connectivity index (χ0n) is 27.7. The number of aromatic nitrogens is 1. The van der Waals surface area contributed by atoms with E-state index < -0.39 is 68.6 Å². The van der Waals surface area contributed by atoms with Gasteiger partial charge in [-0.15, -0.1) is 11.3 Å². The van der Waals surface area contributed by atoms with Crippen molar-refractivity contribution in [3.05, 3.63) is 58.4 Å². The minimum absolute atomic E-state index is 0.0373. The number of thiazole rings is 1. The summed E-state index contributed by atoms with van der Waals surface area (Å²) in [5.41, 5.74) is -0.396. The van der Waals surface area contributed by atoms with Gasteiger partial charge in [0.15, 0.2) is 5.13 Å². The maximum atomic E-state index is 14.4. The van der Waals surface area contributed by atoms with Crippen LogP contribution in [-0.2, 0) is 42.2 Å². The van der Waals surface area contributed by atoms with Gasteiger partial charge in [-0.25, -0.2) is 22.6 Å². The highest BCUT2D eigenvalue weighted by Gasteiger charge is 2.62. The molecule has 2 aromatic rings. The number of hydrogen-bond acceptors (Lipinski definition) is 10. The van der Waals surface area contributed by atoms with E-state index in [-0.39, 0.29) is 38.4 Å². The predicted octanol–water partition coefficient (Wildman–Crippen LogP) is 3.50. The van der Waals surface area contributed by atoms with Crippen molar-refractivity contribution in [2.45, 2.75) is 107 Å². The van der Waals surface area contributed by atoms with E-state index >= 15 is 0 Å². The minimum atomic E-state index is -3.88. The molecular formula is C34H41FN6O7S2. The van der Waals surface area contributed by atoms with Crippen molar-refractivity contribution in [1.29, 1.82) is 0 Å². The molecule has 268 valence electrons. The van der Waals surface area contributed by atoms with Crippen LogP contribution in [0.2, 0.25) is 0 Å². The van der Waals surface area contributed by atoms with Crippen molar-refractivity contribution in [2.75, 3.05) is 11.9 Å². The lowest BCUT2D eigenvalue weighted by atomic mass is 10.1. The molecule has 5 atom stereocenters. The highest BCUT2D eigenvalue weighted by Crippen LogP contribution is 2.46. The van der Waals surface area contributed by atoms with Gasteiger partial charge in [0.25, 0.3) is 5.91 Å². The van der Waals surface area contributed by atoms with Gasteiger partial charge in [0, 0.05) is 35.5 Å². The van der Waals surface area contributed by atoms with Crippen molar-refractivity contribution < 1.29 is 36.7 Å². The Morgan fingerprint density at radius 2 is 1.96 bits per heavy atom. The number of ether oxygens (including phenoxy) is 1. The molecule has 5 aliphatic rings. The highest BCUT2D eigenvalue weighted by molar-refractivity contribution is 7.91. The zero-order chi connectivity index (χ0) is 35.2. The molecule has 0 radical (unpaired) electrons. The summed E-state index contributed by atoms with van der Waals surface area (Å²) in [5, 5.41) is 6.04. The lowest BCUT2D eigenvalue weighted by Gasteiger charge is -2.29. The van der Waals surface area contributed by atoms with Crippen LogP contribution in [0.15, 0.2) is 36.5 Å². The number of carbonyl (C=O) groups is 4. The van der Waals surface area contributed by atoms with E-state index in [1.54, 1.807) is 18.3 Å². The average molecular weight is 729 g/mol. The third-order valence-electron chi connectivity index (χ3n) is 10.2. The molecule has 4 amide bonds. The van der Waals surface area contributed by atoms with Crippen LogP contribution in [0.25, 0.3) is 0 Å². The van der Waals surface area contributed by atoms with Crippen LogP contribution in [0.1, 0.15) is 73.8 Å². The highest BCUT2D eigenvalue weighted by atomic mass is 32.2. The van der Waals surface area contributed by atoms with Gasteiger partial charge in [-0.05, 0) is 57.1 Å². The minimum Gasteiger partial charge on any atom is -0.444 e. The van der Waals surface area contributed by atoms with Crippen LogP contribution < -0.4 is 15.4 Å². The number of nitrogens with one attached hydrogen (secondary N) is 3. The summed E-state index contributed by atoms with van der Waals surface area (Å²) < 4.78 is 48.0. The van der Waals surface area contributed by atoms with Gasteiger partial charge in [-0.3, -0.25) is 24.0 Å². The molecule has 3 N–H and O–H groups in total. The van der Waals surface area contributed by atoms with E-state index in [2.05, 4.69) is 20.3 Å². The summed E-state index contributed by atoms with van der Waals surface area (Å²) in [6, 6.07) is 2.83. The molecule has 50 heavy (non-hydrogen) atoms. The second kappa shape index (κ2) is 13.6. The van der Waals surface area contributed by atoms with E-state index in [0.717, 1.165) is 30.6 Å². The molecular weight excluding hydrogens is 688 g/mol. The molecule has 1 aromatic carbocycles. The van der Waals surface area contributed by atoms with E-state index in [0.29, 0.717) is 35.5 Å². The number of sulfonamides is 1. The van der Waals surface area contributed by atoms with Crippen LogP contribution in [0.5, 0.6) is 0 Å². The van der Waals surface area contributed by atoms with Gasteiger partial charge in [0.1, 0.15) is 29.5 Å². The number of rotatable bonds is 6. The Morgan fingerprint density at radius 1 is 1.14 bits per heavy atom. The van der Waals surface area contributed by atoms with Crippen LogP contribution >= 0.6 is 11.3 Å². The normalized spacial score (nSPS) is 29.1. The Hall–Kier alpha value is -4.05. The molecule has 2 saturated carbocycles. The summed E-state index contributed by atoms with van der Waals surface area (Å²) in [5.74, 6) is -2.64. The second-order valence-electron chi connectivity index (χ2n) is 14.0. The van der Waals surface area contributed by atoms with Crippen molar-refractivity contribution in [1.82, 2.24) is 24.8 Å². The summed E-state index contributed by atoms with van der Waals surface area (Å²) in [7, 11) is -3.88. The van der Waals surface area contributed by atoms with Gasteiger partial charge in [0.2, 0.25) is 21.8 Å². The number of nitrogens with zero attached hydrogens (tertiary/aromatic N) is 3. The number of benzene rings is 1. The smallest absolute Gasteiger partial charge is 0.410 e. The number of fused-ring (bicyclic) bond motifs is 3. The van der Waals surface area contributed by atoms with E-state index in [1.807, 2.05) is 19.1 Å². The first-order valence-corrected chi connectivity index (χ1v) is 19.6. The van der Waals surface area contributed by atoms with E-state index in [4.69, 9.17) is 4.74 Å². The molecule has 2 aliphatic carbocycles. The van der Waals surface area contributed by atoms with Gasteiger partial charge < -0.3 is 20.3 Å². The number of allylic oxidation sites excluding steroid dienone is 1. The second-order valence-corrected chi connectivity index (χ2v) is 17.2. The summed E-state index contributed by atoms with van der Waals surface area (Å²) in [6.45, 7) is 2.04. The predicted molar refractivity (Wildman–Crippen MR) is 182 cm³/mol. The fraction of sp³-hybridized carbons (Fsp3) is 0.559. The maximum absolute atomic E-state index is 14.4. The quantitative estimate of drug-likeness (QED) is 0.378. The van der Waals surface area contributed by atoms with Crippen molar-refractivity contribution >= 4 is 50.3 Å². The van der Waals surface area contributed by atoms with Gasteiger partial charge in [-0.2, -0.15) is 0 Å². The Bertz CT molecular complexity index is 1830. The first-order chi connectivity index (χ1) is 23.9. The lowest BCUT2D eigenvalue weighted by Crippen LogP contribution is -2.57. The first kappa shape index (κ1) is 34.4. The largest absolute Gasteiger partial charge is 0.444 e. The molecule has 1 aromatic heterocycles. The van der Waals surface area contributed by atoms with Gasteiger partial charge in [-0.1, -0.05) is 37.1 Å². The van der Waals surface area contributed by atoms with Crippen LogP contribution in [-0.4, -0.2) is 82.5 Å². The molecule has 13 nitrogen and oxygen atoms in total. The van der Waals surface area contributed by atoms with Crippen LogP contribution in [0.3, 0.4) is 0 Å². The van der Waals surface area contributed by atoms with Gasteiger partial charge in [0.05, 0.1) is 18.3 Å². The number of halogens is 1. The number of hydrogen-bond donors (Lipinski definition) is 3. The summed E-state index contributed by atoms with van der Waals surface area (Å²) in [4.78, 5) is 63.6. The third kappa shape index (κ3) is 7.09. The van der Waals surface area contributed by atoms with Crippen molar-refractivity contribution in [2.24, 2.45) is 5.92 Å². The molecule has 16 heteroatoms. The Morgan fingerprint density at radius 3 is 2.70 bits per heavy atom. The molecule has 3 aliphatic heterocycles. The number of anilines is 1. The Balaban J connectivity index is 1.14. The van der Waals surface area contributed by atoms with E-state index in [1.165, 1.54) is 27.2 Å². The Kier molecular flexibility index (Phi) is 9.35. The summed E-state index contributed by atoms with van der Waals surface area (Å²) >= 11 is 1.41. The Labute approximate surface area is 294 Å². The average Bonchev–Trinajstić information content (AvgIpc) is 3.89. The summed E-state index contributed by atoms with van der Waals surface area (Å²) in [6.07, 6.45) is 8.69. The zero-order valence-corrected chi connectivity index (χ0v) is 29.4. The van der Waals surface area contributed by atoms with E-state index in [9.17, 15) is 32.0 Å². The molecule has 0 bridgehead atoms. The van der Waals surface area contributed by atoms with Crippen LogP contribution in [0, 0.1) is 18.7 Å². The fourth-order valence-corrected chi connectivity index (χ4v) is 9.23. The third-order valence-corrected chi connectivity index (χ3v) is 12.9. The fourth-order valence-electron chi connectivity index (χ4n) is 7.14. The van der Waals surface area contributed by atoms with Crippen molar-refractivity contribution in [3.63, 3.8) is 0 Å². The first-order valence-electron chi connectivity index (χ1n) is 17.2. The molecule has 0 unspecified atom stereocenters. The van der Waals surface area contributed by atoms with Crippen molar-refractivity contribution in [3.8, 4) is 0 Å². The molecule has 4 heterocycles. The molecule has 7 rings (SSSR count). The topological polar surface area (TPSA) is 167 Å². The maximum Gasteiger partial charge on any atom is 0.410 e. The number of carbonyl (C=O) groups excluding carboxylic acids is 4. The lowest BCUT2D eigenvalue weighted by molar-refractivity contribution is -0.140. The molecule has 3 fully saturated rings. The van der Waals surface area contributed by atoms with Crippen LogP contribution in [0.4, 0.5) is 14.3 Å².